The van der Waals surface area contributed by atoms with Crippen molar-refractivity contribution >= 4 is 11.6 Å². The van der Waals surface area contributed by atoms with Crippen LogP contribution in [0.2, 0.25) is 0 Å². The zero-order chi connectivity index (χ0) is 23.5. The number of aromatic nitrogens is 2. The number of carbonyl (C=O) groups is 1. The van der Waals surface area contributed by atoms with Gasteiger partial charge in [-0.05, 0) is 68.3 Å². The van der Waals surface area contributed by atoms with Crippen LogP contribution in [0.15, 0.2) is 54.7 Å². The zero-order valence-electron chi connectivity index (χ0n) is 17.9. The normalized spacial score (nSPS) is 15.2. The van der Waals surface area contributed by atoms with E-state index in [1.165, 1.54) is 42.6 Å². The Kier molecular flexibility index (Phi) is 6.60. The highest BCUT2D eigenvalue weighted by Gasteiger charge is 2.27. The van der Waals surface area contributed by atoms with Crippen molar-refractivity contribution in [3.8, 4) is 0 Å². The minimum absolute atomic E-state index is 0.143. The lowest BCUT2D eigenvalue weighted by atomic mass is 10.0. The highest BCUT2D eigenvalue weighted by atomic mass is 19.3. The Morgan fingerprint density at radius 3 is 2.61 bits per heavy atom. The van der Waals surface area contributed by atoms with Crippen LogP contribution in [-0.4, -0.2) is 27.5 Å². The molecule has 0 radical (unpaired) electrons. The van der Waals surface area contributed by atoms with Crippen LogP contribution in [0.5, 0.6) is 0 Å². The largest absolute Gasteiger partial charge is 0.368 e. The summed E-state index contributed by atoms with van der Waals surface area (Å²) in [5.74, 6) is -0.761. The summed E-state index contributed by atoms with van der Waals surface area (Å²) in [5, 5.41) is 13.7. The van der Waals surface area contributed by atoms with Gasteiger partial charge in [0.05, 0.1) is 28.8 Å². The number of halogens is 3. The van der Waals surface area contributed by atoms with E-state index in [2.05, 4.69) is 15.3 Å². The van der Waals surface area contributed by atoms with Gasteiger partial charge in [0.15, 0.2) is 6.23 Å². The molecule has 3 heterocycles. The molecule has 2 atom stereocenters. The molecular weight excluding hydrogens is 433 g/mol. The van der Waals surface area contributed by atoms with Crippen molar-refractivity contribution in [2.45, 2.75) is 38.5 Å². The van der Waals surface area contributed by atoms with Crippen LogP contribution < -0.4 is 10.2 Å². The van der Waals surface area contributed by atoms with Gasteiger partial charge >= 0.3 is 0 Å². The number of alkyl halides is 2. The molecule has 33 heavy (non-hydrogen) atoms. The van der Waals surface area contributed by atoms with Gasteiger partial charge < -0.3 is 15.3 Å². The maximum Gasteiger partial charge on any atom is 0.263 e. The van der Waals surface area contributed by atoms with Crippen LogP contribution >= 0.6 is 0 Å². The standard InChI is InChI=1S/C24H23F3N4O2/c1-14(29-23(32)15-4-6-17(25)7-5-15)18-8-9-21-19(30-18)3-2-12-31(21)24(33)20-13-16(22(26)27)10-11-28-20/h4-11,13-14,22,24,33H,2-3,12H2,1H3,(H,29,32). The molecular formula is C24H23F3N4O2. The second-order valence-electron chi connectivity index (χ2n) is 7.89. The lowest BCUT2D eigenvalue weighted by Gasteiger charge is -2.34. The van der Waals surface area contributed by atoms with Crippen LogP contribution in [0.25, 0.3) is 0 Å². The van der Waals surface area contributed by atoms with Gasteiger partial charge in [-0.1, -0.05) is 0 Å². The SMILES string of the molecule is CC(NC(=O)c1ccc(F)cc1)c1ccc2c(n1)CCCN2C(O)c1cc(C(F)F)ccn1. The van der Waals surface area contributed by atoms with Gasteiger partial charge in [0.2, 0.25) is 0 Å². The molecule has 0 aliphatic carbocycles. The smallest absolute Gasteiger partial charge is 0.263 e. The summed E-state index contributed by atoms with van der Waals surface area (Å²) in [6, 6.07) is 10.9. The van der Waals surface area contributed by atoms with Gasteiger partial charge in [0, 0.05) is 23.9 Å². The van der Waals surface area contributed by atoms with E-state index in [-0.39, 0.29) is 17.2 Å². The number of carbonyl (C=O) groups excluding carboxylic acids is 1. The fourth-order valence-electron chi connectivity index (χ4n) is 3.85. The first-order chi connectivity index (χ1) is 15.8. The number of aryl methyl sites for hydroxylation is 1. The summed E-state index contributed by atoms with van der Waals surface area (Å²) >= 11 is 0. The predicted octanol–water partition coefficient (Wildman–Crippen LogP) is 4.49. The van der Waals surface area contributed by atoms with Gasteiger partial charge in [-0.25, -0.2) is 13.2 Å². The van der Waals surface area contributed by atoms with E-state index in [4.69, 9.17) is 0 Å². The number of nitrogens with zero attached hydrogens (tertiary/aromatic N) is 3. The topological polar surface area (TPSA) is 78.4 Å². The summed E-state index contributed by atoms with van der Waals surface area (Å²) in [4.78, 5) is 22.9. The molecule has 0 saturated carbocycles. The van der Waals surface area contributed by atoms with Crippen molar-refractivity contribution in [1.82, 2.24) is 15.3 Å². The van der Waals surface area contributed by atoms with Crippen molar-refractivity contribution < 1.29 is 23.1 Å². The molecule has 1 aliphatic heterocycles. The zero-order valence-corrected chi connectivity index (χ0v) is 17.9. The van der Waals surface area contributed by atoms with E-state index in [0.29, 0.717) is 36.3 Å². The third-order valence-corrected chi connectivity index (χ3v) is 5.61. The second kappa shape index (κ2) is 9.58. The van der Waals surface area contributed by atoms with Crippen LogP contribution in [-0.2, 0) is 6.42 Å². The molecule has 9 heteroatoms. The number of aliphatic hydroxyl groups is 1. The number of amides is 1. The average molecular weight is 456 g/mol. The number of anilines is 1. The van der Waals surface area contributed by atoms with Gasteiger partial charge in [-0.3, -0.25) is 14.8 Å². The predicted molar refractivity (Wildman–Crippen MR) is 116 cm³/mol. The lowest BCUT2D eigenvalue weighted by Crippen LogP contribution is -2.35. The Labute approximate surface area is 189 Å². The Hall–Kier alpha value is -3.46. The molecule has 2 aromatic heterocycles. The third kappa shape index (κ3) is 4.98. The van der Waals surface area contributed by atoms with E-state index in [9.17, 15) is 23.1 Å². The summed E-state index contributed by atoms with van der Waals surface area (Å²) in [6.45, 7) is 2.32. The molecule has 1 amide bonds. The molecule has 0 saturated heterocycles. The summed E-state index contributed by atoms with van der Waals surface area (Å²) in [5.41, 5.74) is 2.36. The number of fused-ring (bicyclic) bond motifs is 1. The third-order valence-electron chi connectivity index (χ3n) is 5.61. The number of hydrogen-bond acceptors (Lipinski definition) is 5. The Morgan fingerprint density at radius 2 is 1.88 bits per heavy atom. The van der Waals surface area contributed by atoms with E-state index < -0.39 is 24.5 Å². The van der Waals surface area contributed by atoms with Crippen molar-refractivity contribution in [2.24, 2.45) is 0 Å². The first-order valence-corrected chi connectivity index (χ1v) is 10.6. The minimum atomic E-state index is -2.65. The molecule has 4 rings (SSSR count). The quantitative estimate of drug-likeness (QED) is 0.572. The molecule has 6 nitrogen and oxygen atoms in total. The van der Waals surface area contributed by atoms with E-state index in [0.717, 1.165) is 5.69 Å². The Morgan fingerprint density at radius 1 is 1.12 bits per heavy atom. The summed E-state index contributed by atoms with van der Waals surface area (Å²) in [6.07, 6.45) is -1.19. The molecule has 0 bridgehead atoms. The first-order valence-electron chi connectivity index (χ1n) is 10.6. The van der Waals surface area contributed by atoms with E-state index >= 15 is 0 Å². The van der Waals surface area contributed by atoms with Gasteiger partial charge in [0.1, 0.15) is 5.82 Å². The number of rotatable bonds is 6. The molecule has 0 fully saturated rings. The van der Waals surface area contributed by atoms with Crippen molar-refractivity contribution in [3.05, 3.63) is 88.8 Å². The lowest BCUT2D eigenvalue weighted by molar-refractivity contribution is 0.0939. The molecule has 0 spiro atoms. The Balaban J connectivity index is 1.52. The second-order valence-corrected chi connectivity index (χ2v) is 7.89. The number of nitrogens with one attached hydrogen (secondary N) is 1. The van der Waals surface area contributed by atoms with Gasteiger partial charge in [0.25, 0.3) is 12.3 Å². The van der Waals surface area contributed by atoms with Crippen molar-refractivity contribution in [2.75, 3.05) is 11.4 Å². The number of pyridine rings is 2. The molecule has 2 N–H and O–H groups in total. The fourth-order valence-corrected chi connectivity index (χ4v) is 3.85. The molecule has 172 valence electrons. The molecule has 1 aromatic carbocycles. The maximum atomic E-state index is 13.1. The Bertz CT molecular complexity index is 1140. The van der Waals surface area contributed by atoms with Crippen LogP contribution in [0.1, 0.15) is 65.0 Å². The van der Waals surface area contributed by atoms with E-state index in [1.807, 2.05) is 0 Å². The van der Waals surface area contributed by atoms with Crippen LogP contribution in [0.3, 0.4) is 0 Å². The molecule has 1 aliphatic rings. The summed E-state index contributed by atoms with van der Waals surface area (Å²) in [7, 11) is 0. The molecule has 3 aromatic rings. The van der Waals surface area contributed by atoms with Crippen molar-refractivity contribution in [3.63, 3.8) is 0 Å². The monoisotopic (exact) mass is 456 g/mol. The number of benzene rings is 1. The average Bonchev–Trinajstić information content (AvgIpc) is 2.83. The fraction of sp³-hybridized carbons (Fsp3) is 0.292. The van der Waals surface area contributed by atoms with Gasteiger partial charge in [-0.2, -0.15) is 0 Å². The maximum absolute atomic E-state index is 13.1. The number of hydrogen-bond donors (Lipinski definition) is 2. The minimum Gasteiger partial charge on any atom is -0.368 e. The highest BCUT2D eigenvalue weighted by molar-refractivity contribution is 5.94. The molecule has 2 unspecified atom stereocenters. The van der Waals surface area contributed by atoms with Crippen molar-refractivity contribution in [1.29, 1.82) is 0 Å². The summed E-state index contributed by atoms with van der Waals surface area (Å²) < 4.78 is 39.2. The van der Waals surface area contributed by atoms with E-state index in [1.54, 1.807) is 24.0 Å². The highest BCUT2D eigenvalue weighted by Crippen LogP contribution is 2.33. The first kappa shape index (κ1) is 22.7. The van der Waals surface area contributed by atoms with Crippen LogP contribution in [0.4, 0.5) is 18.9 Å². The van der Waals surface area contributed by atoms with Gasteiger partial charge in [-0.15, -0.1) is 0 Å². The number of aliphatic hydroxyl groups excluding tert-OH is 1. The van der Waals surface area contributed by atoms with Crippen LogP contribution in [0, 0.1) is 5.82 Å².